The van der Waals surface area contributed by atoms with E-state index >= 15 is 0 Å². The topological polar surface area (TPSA) is 63.6 Å². The molecule has 0 amide bonds. The number of halogens is 3. The Labute approximate surface area is 214 Å². The van der Waals surface area contributed by atoms with E-state index in [9.17, 15) is 13.6 Å². The lowest BCUT2D eigenvalue weighted by atomic mass is 10.0. The van der Waals surface area contributed by atoms with E-state index in [2.05, 4.69) is 9.97 Å². The van der Waals surface area contributed by atoms with Crippen molar-refractivity contribution in [3.8, 4) is 39.6 Å². The molecule has 6 aromatic rings. The summed E-state index contributed by atoms with van der Waals surface area (Å²) in [6.45, 7) is 0. The van der Waals surface area contributed by atoms with Crippen molar-refractivity contribution in [2.24, 2.45) is 0 Å². The Balaban J connectivity index is 1.51. The first-order valence-corrected chi connectivity index (χ1v) is 11.7. The zero-order valence-corrected chi connectivity index (χ0v) is 19.9. The maximum atomic E-state index is 13.7. The van der Waals surface area contributed by atoms with E-state index in [1.54, 1.807) is 36.4 Å². The molecule has 1 N–H and O–H groups in total. The van der Waals surface area contributed by atoms with Crippen molar-refractivity contribution in [3.05, 3.63) is 124 Å². The Hall–Kier alpha value is -4.62. The van der Waals surface area contributed by atoms with Crippen molar-refractivity contribution < 1.29 is 8.78 Å². The van der Waals surface area contributed by atoms with Gasteiger partial charge in [-0.2, -0.15) is 0 Å². The molecule has 0 saturated heterocycles. The van der Waals surface area contributed by atoms with Gasteiger partial charge in [0.2, 0.25) is 0 Å². The normalized spacial score (nSPS) is 11.2. The summed E-state index contributed by atoms with van der Waals surface area (Å²) in [6, 6.07) is 27.0. The average molecular weight is 511 g/mol. The van der Waals surface area contributed by atoms with Crippen LogP contribution >= 0.6 is 11.6 Å². The summed E-state index contributed by atoms with van der Waals surface area (Å²) in [5.41, 5.74) is 3.45. The minimum Gasteiger partial charge on any atom is -0.305 e. The molecule has 8 heteroatoms. The van der Waals surface area contributed by atoms with E-state index in [4.69, 9.17) is 16.6 Å². The van der Waals surface area contributed by atoms with Crippen molar-refractivity contribution in [1.82, 2.24) is 19.5 Å². The number of rotatable bonds is 4. The number of nitrogens with zero attached hydrogens (tertiary/aromatic N) is 3. The highest BCUT2D eigenvalue weighted by Crippen LogP contribution is 2.29. The lowest BCUT2D eigenvalue weighted by molar-refractivity contribution is 0.584. The molecule has 0 saturated carbocycles. The Morgan fingerprint density at radius 1 is 0.703 bits per heavy atom. The van der Waals surface area contributed by atoms with Gasteiger partial charge in [-0.25, -0.2) is 18.7 Å². The number of nitrogens with one attached hydrogen (secondary N) is 1. The van der Waals surface area contributed by atoms with Gasteiger partial charge in [0.05, 0.1) is 0 Å². The molecule has 6 rings (SSSR count). The molecule has 2 aromatic heterocycles. The summed E-state index contributed by atoms with van der Waals surface area (Å²) >= 11 is 6.08. The Morgan fingerprint density at radius 3 is 2.00 bits per heavy atom. The van der Waals surface area contributed by atoms with Gasteiger partial charge in [0, 0.05) is 27.9 Å². The molecule has 0 radical (unpaired) electrons. The molecular weight excluding hydrogens is 494 g/mol. The first-order valence-electron chi connectivity index (χ1n) is 11.4. The van der Waals surface area contributed by atoms with Crippen molar-refractivity contribution >= 4 is 22.8 Å². The zero-order valence-electron chi connectivity index (χ0n) is 19.1. The van der Waals surface area contributed by atoms with Gasteiger partial charge in [-0.15, -0.1) is 0 Å². The van der Waals surface area contributed by atoms with E-state index in [-0.39, 0.29) is 11.1 Å². The Morgan fingerprint density at radius 2 is 1.32 bits per heavy atom. The van der Waals surface area contributed by atoms with Crippen molar-refractivity contribution in [3.63, 3.8) is 0 Å². The molecule has 0 unspecified atom stereocenters. The lowest BCUT2D eigenvalue weighted by Gasteiger charge is -2.10. The number of aromatic nitrogens is 4. The highest BCUT2D eigenvalue weighted by molar-refractivity contribution is 6.30. The van der Waals surface area contributed by atoms with Crippen molar-refractivity contribution in [2.45, 2.75) is 0 Å². The van der Waals surface area contributed by atoms with Gasteiger partial charge in [-0.1, -0.05) is 54.1 Å². The second-order valence-corrected chi connectivity index (χ2v) is 8.87. The summed E-state index contributed by atoms with van der Waals surface area (Å²) in [7, 11) is 0. The van der Waals surface area contributed by atoms with Crippen LogP contribution in [0.4, 0.5) is 8.78 Å². The van der Waals surface area contributed by atoms with Crippen LogP contribution in [0.5, 0.6) is 0 Å². The number of H-pyrrole nitrogens is 1. The van der Waals surface area contributed by atoms with Crippen LogP contribution in [0.1, 0.15) is 0 Å². The molecule has 0 fully saturated rings. The van der Waals surface area contributed by atoms with E-state index in [1.807, 2.05) is 47.0 Å². The molecule has 0 atom stereocenters. The largest absolute Gasteiger partial charge is 0.305 e. The predicted octanol–water partition coefficient (Wildman–Crippen LogP) is 7.04. The molecule has 5 nitrogen and oxygen atoms in total. The van der Waals surface area contributed by atoms with Crippen LogP contribution in [-0.2, 0) is 0 Å². The van der Waals surface area contributed by atoms with Crippen LogP contribution in [0, 0.1) is 11.6 Å². The third-order valence-electron chi connectivity index (χ3n) is 5.99. The van der Waals surface area contributed by atoms with Gasteiger partial charge < -0.3 is 4.98 Å². The van der Waals surface area contributed by atoms with E-state index in [1.165, 1.54) is 12.1 Å². The first-order chi connectivity index (χ1) is 18.0. The van der Waals surface area contributed by atoms with Crippen molar-refractivity contribution in [1.29, 1.82) is 0 Å². The number of imidazole rings is 1. The molecule has 0 spiro atoms. The Bertz CT molecular complexity index is 1790. The summed E-state index contributed by atoms with van der Waals surface area (Å²) in [6.07, 6.45) is 0. The number of aromatic amines is 1. The van der Waals surface area contributed by atoms with E-state index in [0.29, 0.717) is 39.0 Å². The molecule has 0 aliphatic carbocycles. The molecule has 0 bridgehead atoms. The molecule has 0 aliphatic heterocycles. The van der Waals surface area contributed by atoms with Gasteiger partial charge in [-0.05, 0) is 59.7 Å². The summed E-state index contributed by atoms with van der Waals surface area (Å²) in [4.78, 5) is 25.4. The van der Waals surface area contributed by atoms with Gasteiger partial charge in [0.1, 0.15) is 23.3 Å². The quantitative estimate of drug-likeness (QED) is 0.276. The van der Waals surface area contributed by atoms with Crippen molar-refractivity contribution in [2.75, 3.05) is 0 Å². The smallest absolute Gasteiger partial charge is 0.279 e. The summed E-state index contributed by atoms with van der Waals surface area (Å²) in [5.74, 6) is -0.409. The van der Waals surface area contributed by atoms with Gasteiger partial charge in [0.25, 0.3) is 5.56 Å². The number of hydrogen-bond donors (Lipinski definition) is 1. The summed E-state index contributed by atoms with van der Waals surface area (Å²) in [5, 5.41) is 0.591. The van der Waals surface area contributed by atoms with Crippen LogP contribution in [-0.4, -0.2) is 19.5 Å². The number of para-hydroxylation sites is 1. The standard InChI is InChI=1S/C29H17ClF2N4O/c30-21-12-10-19(11-13-21)27-33-25-28(36(27)24-4-2-1-3-5-24)34-26(35-29(25)37)18-8-6-17(7-9-18)20-14-22(31)16-23(32)15-20/h1-16H,(H,34,35,37). The van der Waals surface area contributed by atoms with Gasteiger partial charge >= 0.3 is 0 Å². The second kappa shape index (κ2) is 9.11. The van der Waals surface area contributed by atoms with Gasteiger partial charge in [-0.3, -0.25) is 9.36 Å². The van der Waals surface area contributed by atoms with E-state index in [0.717, 1.165) is 17.3 Å². The first kappa shape index (κ1) is 22.8. The number of hydrogen-bond acceptors (Lipinski definition) is 3. The monoisotopic (exact) mass is 510 g/mol. The molecular formula is C29H17ClF2N4O. The lowest BCUT2D eigenvalue weighted by Crippen LogP contribution is -2.10. The third kappa shape index (κ3) is 4.30. The molecule has 4 aromatic carbocycles. The summed E-state index contributed by atoms with van der Waals surface area (Å²) < 4.78 is 29.2. The van der Waals surface area contributed by atoms with E-state index < -0.39 is 11.6 Å². The highest BCUT2D eigenvalue weighted by Gasteiger charge is 2.19. The number of fused-ring (bicyclic) bond motifs is 1. The van der Waals surface area contributed by atoms with Crippen LogP contribution in [0.2, 0.25) is 5.02 Å². The van der Waals surface area contributed by atoms with Crippen LogP contribution < -0.4 is 5.56 Å². The fraction of sp³-hybridized carbons (Fsp3) is 0. The SMILES string of the molecule is O=c1[nH]c(-c2ccc(-c3cc(F)cc(F)c3)cc2)nc2c1nc(-c1ccc(Cl)cc1)n2-c1ccccc1. The highest BCUT2D eigenvalue weighted by atomic mass is 35.5. The zero-order chi connectivity index (χ0) is 25.5. The minimum absolute atomic E-state index is 0.199. The minimum atomic E-state index is -0.652. The predicted molar refractivity (Wildman–Crippen MR) is 141 cm³/mol. The van der Waals surface area contributed by atoms with Crippen LogP contribution in [0.15, 0.2) is 102 Å². The molecule has 37 heavy (non-hydrogen) atoms. The molecule has 180 valence electrons. The average Bonchev–Trinajstić information content (AvgIpc) is 3.29. The maximum Gasteiger partial charge on any atom is 0.279 e. The maximum absolute atomic E-state index is 13.7. The fourth-order valence-electron chi connectivity index (χ4n) is 4.26. The molecule has 2 heterocycles. The molecule has 0 aliphatic rings. The second-order valence-electron chi connectivity index (χ2n) is 8.44. The fourth-order valence-corrected chi connectivity index (χ4v) is 4.39. The third-order valence-corrected chi connectivity index (χ3v) is 6.24. The van der Waals surface area contributed by atoms with Crippen LogP contribution in [0.25, 0.3) is 50.8 Å². The Kier molecular flexibility index (Phi) is 5.62. The van der Waals surface area contributed by atoms with Crippen LogP contribution in [0.3, 0.4) is 0 Å². The number of benzene rings is 4. The van der Waals surface area contributed by atoms with Gasteiger partial charge in [0.15, 0.2) is 11.2 Å².